The third-order valence-electron chi connectivity index (χ3n) is 3.50. The molecule has 0 aromatic heterocycles. The standard InChI is InChI=1S/C13H15NO4/c1-7-8(2)11(15)4-3-10(7)14-6-9(13(17)18)5-12(14)16/h3-4,9,15H,5-6H2,1-2H3,(H,17,18). The second kappa shape index (κ2) is 4.33. The minimum Gasteiger partial charge on any atom is -0.508 e. The molecule has 0 spiro atoms. The smallest absolute Gasteiger partial charge is 0.308 e. The van der Waals surface area contributed by atoms with E-state index in [1.807, 2.05) is 6.92 Å². The molecule has 5 heteroatoms. The van der Waals surface area contributed by atoms with Gasteiger partial charge in [-0.1, -0.05) is 0 Å². The van der Waals surface area contributed by atoms with Gasteiger partial charge in [0.05, 0.1) is 5.92 Å². The van der Waals surface area contributed by atoms with E-state index in [2.05, 4.69) is 0 Å². The van der Waals surface area contributed by atoms with E-state index >= 15 is 0 Å². The zero-order valence-corrected chi connectivity index (χ0v) is 10.3. The van der Waals surface area contributed by atoms with E-state index in [0.29, 0.717) is 11.3 Å². The van der Waals surface area contributed by atoms with Gasteiger partial charge in [-0.15, -0.1) is 0 Å². The predicted octanol–water partition coefficient (Wildman–Crippen LogP) is 1.45. The Hall–Kier alpha value is -2.04. The normalized spacial score (nSPS) is 19.3. The zero-order chi connectivity index (χ0) is 13.4. The number of aliphatic carboxylic acids is 1. The van der Waals surface area contributed by atoms with Gasteiger partial charge in [0.1, 0.15) is 5.75 Å². The summed E-state index contributed by atoms with van der Waals surface area (Å²) in [6.07, 6.45) is 0.0364. The van der Waals surface area contributed by atoms with Gasteiger partial charge in [0.15, 0.2) is 0 Å². The Morgan fingerprint density at radius 3 is 2.56 bits per heavy atom. The van der Waals surface area contributed by atoms with E-state index in [4.69, 9.17) is 5.11 Å². The lowest BCUT2D eigenvalue weighted by Crippen LogP contribution is -2.26. The number of carbonyl (C=O) groups excluding carboxylic acids is 1. The van der Waals surface area contributed by atoms with Crippen LogP contribution in [0.1, 0.15) is 17.5 Å². The second-order valence-electron chi connectivity index (χ2n) is 4.60. The number of carboxylic acid groups (broad SMARTS) is 1. The summed E-state index contributed by atoms with van der Waals surface area (Å²) in [7, 11) is 0. The highest BCUT2D eigenvalue weighted by Gasteiger charge is 2.35. The monoisotopic (exact) mass is 249 g/mol. The van der Waals surface area contributed by atoms with Gasteiger partial charge in [-0.3, -0.25) is 9.59 Å². The van der Waals surface area contributed by atoms with Crippen LogP contribution in [0.3, 0.4) is 0 Å². The van der Waals surface area contributed by atoms with Gasteiger partial charge in [-0.05, 0) is 37.1 Å². The molecule has 1 atom stereocenters. The summed E-state index contributed by atoms with van der Waals surface area (Å²) in [5, 5.41) is 18.5. The quantitative estimate of drug-likeness (QED) is 0.831. The molecule has 1 aromatic carbocycles. The van der Waals surface area contributed by atoms with Gasteiger partial charge in [-0.25, -0.2) is 0 Å². The Balaban J connectivity index is 2.36. The summed E-state index contributed by atoms with van der Waals surface area (Å²) in [4.78, 5) is 24.2. The second-order valence-corrected chi connectivity index (χ2v) is 4.60. The summed E-state index contributed by atoms with van der Waals surface area (Å²) in [6.45, 7) is 3.77. The van der Waals surface area contributed by atoms with Gasteiger partial charge in [0.2, 0.25) is 5.91 Å². The molecule has 1 aliphatic rings. The van der Waals surface area contributed by atoms with Crippen molar-refractivity contribution in [3.8, 4) is 5.75 Å². The molecule has 0 radical (unpaired) electrons. The van der Waals surface area contributed by atoms with Crippen molar-refractivity contribution in [3.05, 3.63) is 23.3 Å². The summed E-state index contributed by atoms with van der Waals surface area (Å²) < 4.78 is 0. The lowest BCUT2D eigenvalue weighted by atomic mass is 10.1. The molecule has 2 N–H and O–H groups in total. The average molecular weight is 249 g/mol. The van der Waals surface area contributed by atoms with Crippen LogP contribution >= 0.6 is 0 Å². The van der Waals surface area contributed by atoms with Gasteiger partial charge in [-0.2, -0.15) is 0 Å². The van der Waals surface area contributed by atoms with Gasteiger partial charge >= 0.3 is 5.97 Å². The third-order valence-corrected chi connectivity index (χ3v) is 3.50. The van der Waals surface area contributed by atoms with Crippen molar-refractivity contribution in [1.82, 2.24) is 0 Å². The number of carbonyl (C=O) groups is 2. The number of hydrogen-bond donors (Lipinski definition) is 2. The fraction of sp³-hybridized carbons (Fsp3) is 0.385. The minimum atomic E-state index is -0.945. The molecule has 5 nitrogen and oxygen atoms in total. The first-order valence-corrected chi connectivity index (χ1v) is 5.74. The first-order valence-electron chi connectivity index (χ1n) is 5.74. The van der Waals surface area contributed by atoms with Crippen molar-refractivity contribution < 1.29 is 19.8 Å². The number of nitrogens with zero attached hydrogens (tertiary/aromatic N) is 1. The molecule has 0 aliphatic carbocycles. The van der Waals surface area contributed by atoms with Crippen LogP contribution in [0.2, 0.25) is 0 Å². The number of benzene rings is 1. The van der Waals surface area contributed by atoms with Crippen molar-refractivity contribution in [3.63, 3.8) is 0 Å². The molecule has 18 heavy (non-hydrogen) atoms. The Morgan fingerprint density at radius 2 is 2.00 bits per heavy atom. The van der Waals surface area contributed by atoms with Crippen LogP contribution in [-0.4, -0.2) is 28.6 Å². The molecule has 1 heterocycles. The number of phenolic OH excluding ortho intramolecular Hbond substituents is 1. The van der Waals surface area contributed by atoms with E-state index in [-0.39, 0.29) is 24.6 Å². The number of phenols is 1. The van der Waals surface area contributed by atoms with Crippen molar-refractivity contribution in [1.29, 1.82) is 0 Å². The van der Waals surface area contributed by atoms with Crippen molar-refractivity contribution in [2.75, 3.05) is 11.4 Å². The highest BCUT2D eigenvalue weighted by molar-refractivity contribution is 6.00. The predicted molar refractivity (Wildman–Crippen MR) is 65.7 cm³/mol. The van der Waals surface area contributed by atoms with Crippen molar-refractivity contribution in [2.24, 2.45) is 5.92 Å². The molecule has 1 unspecified atom stereocenters. The molecule has 0 bridgehead atoms. The van der Waals surface area contributed by atoms with Gasteiger partial charge in [0.25, 0.3) is 0 Å². The average Bonchev–Trinajstić information content (AvgIpc) is 2.69. The maximum Gasteiger partial charge on any atom is 0.308 e. The van der Waals surface area contributed by atoms with E-state index in [1.54, 1.807) is 13.0 Å². The Morgan fingerprint density at radius 1 is 1.33 bits per heavy atom. The summed E-state index contributed by atoms with van der Waals surface area (Å²) in [5.74, 6) is -1.60. The van der Waals surface area contributed by atoms with Crippen LogP contribution in [0.5, 0.6) is 5.75 Å². The van der Waals surface area contributed by atoms with Crippen molar-refractivity contribution in [2.45, 2.75) is 20.3 Å². The first-order chi connectivity index (χ1) is 8.41. The molecule has 1 aromatic rings. The lowest BCUT2D eigenvalue weighted by molar-refractivity contribution is -0.141. The number of amides is 1. The van der Waals surface area contributed by atoms with E-state index < -0.39 is 11.9 Å². The van der Waals surface area contributed by atoms with Gasteiger partial charge < -0.3 is 15.1 Å². The van der Waals surface area contributed by atoms with E-state index in [1.165, 1.54) is 11.0 Å². The van der Waals surface area contributed by atoms with Crippen molar-refractivity contribution >= 4 is 17.6 Å². The summed E-state index contributed by atoms with van der Waals surface area (Å²) >= 11 is 0. The number of hydrogen-bond acceptors (Lipinski definition) is 3. The molecule has 1 saturated heterocycles. The molecule has 1 fully saturated rings. The van der Waals surface area contributed by atoms with Crippen LogP contribution < -0.4 is 4.90 Å². The number of rotatable bonds is 2. The van der Waals surface area contributed by atoms with Crippen LogP contribution in [0.25, 0.3) is 0 Å². The summed E-state index contributed by atoms with van der Waals surface area (Å²) in [6, 6.07) is 3.18. The minimum absolute atomic E-state index is 0.0364. The van der Waals surface area contributed by atoms with Crippen LogP contribution in [0, 0.1) is 19.8 Å². The lowest BCUT2D eigenvalue weighted by Gasteiger charge is -2.20. The molecule has 2 rings (SSSR count). The Bertz CT molecular complexity index is 524. The Kier molecular flexibility index (Phi) is 2.98. The topological polar surface area (TPSA) is 77.8 Å². The van der Waals surface area contributed by atoms with Crippen LogP contribution in [-0.2, 0) is 9.59 Å². The van der Waals surface area contributed by atoms with Crippen LogP contribution in [0.4, 0.5) is 5.69 Å². The third kappa shape index (κ3) is 1.92. The summed E-state index contributed by atoms with van der Waals surface area (Å²) in [5.41, 5.74) is 2.19. The van der Waals surface area contributed by atoms with Gasteiger partial charge in [0, 0.05) is 18.7 Å². The molecule has 96 valence electrons. The fourth-order valence-corrected chi connectivity index (χ4v) is 2.19. The van der Waals surface area contributed by atoms with E-state index in [9.17, 15) is 14.7 Å². The maximum atomic E-state index is 11.8. The highest BCUT2D eigenvalue weighted by atomic mass is 16.4. The number of anilines is 1. The molecule has 0 saturated carbocycles. The highest BCUT2D eigenvalue weighted by Crippen LogP contribution is 2.32. The molecular weight excluding hydrogens is 234 g/mol. The first kappa shape index (κ1) is 12.4. The largest absolute Gasteiger partial charge is 0.508 e. The number of carboxylic acids is 1. The van der Waals surface area contributed by atoms with E-state index in [0.717, 1.165) is 5.56 Å². The zero-order valence-electron chi connectivity index (χ0n) is 10.3. The molecular formula is C13H15NO4. The maximum absolute atomic E-state index is 11.8. The number of aromatic hydroxyl groups is 1. The van der Waals surface area contributed by atoms with Crippen LogP contribution in [0.15, 0.2) is 12.1 Å². The molecule has 1 aliphatic heterocycles. The molecule has 1 amide bonds. The fourth-order valence-electron chi connectivity index (χ4n) is 2.19. The Labute approximate surface area is 105 Å². The SMILES string of the molecule is Cc1c(O)ccc(N2CC(C(=O)O)CC2=O)c1C.